The van der Waals surface area contributed by atoms with Gasteiger partial charge < -0.3 is 14.2 Å². The number of esters is 3. The summed E-state index contributed by atoms with van der Waals surface area (Å²) >= 11 is 0. The van der Waals surface area contributed by atoms with Crippen LogP contribution in [-0.4, -0.2) is 37.2 Å². The highest BCUT2D eigenvalue weighted by molar-refractivity contribution is 5.71. The van der Waals surface area contributed by atoms with E-state index in [9.17, 15) is 14.4 Å². The summed E-state index contributed by atoms with van der Waals surface area (Å²) in [5.41, 5.74) is 0. The molecule has 6 nitrogen and oxygen atoms in total. The molecule has 0 amide bonds. The Morgan fingerprint density at radius 1 is 0.322 bits per heavy atom. The molecule has 1 atom stereocenters. The fourth-order valence-corrected chi connectivity index (χ4v) is 7.49. The number of allylic oxidation sites excluding steroid dienone is 4. The van der Waals surface area contributed by atoms with Gasteiger partial charge in [0, 0.05) is 19.3 Å². The number of ether oxygens (including phenoxy) is 3. The molecule has 0 unspecified atom stereocenters. The van der Waals surface area contributed by atoms with E-state index in [1.54, 1.807) is 0 Å². The Kier molecular flexibility index (Phi) is 46.8. The molecule has 0 aliphatic carbocycles. The maximum atomic E-state index is 12.8. The van der Waals surface area contributed by atoms with Crippen molar-refractivity contribution in [3.05, 3.63) is 24.3 Å². The van der Waals surface area contributed by atoms with Crippen LogP contribution in [0.1, 0.15) is 278 Å². The normalized spacial score (nSPS) is 12.1. The van der Waals surface area contributed by atoms with Crippen molar-refractivity contribution in [3.8, 4) is 0 Å². The zero-order valence-electron chi connectivity index (χ0n) is 39.5. The van der Waals surface area contributed by atoms with Crippen molar-refractivity contribution in [1.29, 1.82) is 0 Å². The van der Waals surface area contributed by atoms with Crippen LogP contribution in [0.5, 0.6) is 0 Å². The van der Waals surface area contributed by atoms with Gasteiger partial charge in [0.05, 0.1) is 0 Å². The number of carbonyl (C=O) groups excluding carboxylic acids is 3. The Labute approximate surface area is 366 Å². The summed E-state index contributed by atoms with van der Waals surface area (Å²) in [6, 6.07) is 0. The Morgan fingerprint density at radius 3 is 0.864 bits per heavy atom. The fourth-order valence-electron chi connectivity index (χ4n) is 7.49. The van der Waals surface area contributed by atoms with E-state index in [-0.39, 0.29) is 31.1 Å². The molecule has 6 heteroatoms. The highest BCUT2D eigenvalue weighted by Gasteiger charge is 2.19. The summed E-state index contributed by atoms with van der Waals surface area (Å²) in [5, 5.41) is 0. The van der Waals surface area contributed by atoms with E-state index in [1.165, 1.54) is 173 Å². The summed E-state index contributed by atoms with van der Waals surface area (Å²) in [6.45, 7) is 6.62. The van der Waals surface area contributed by atoms with Gasteiger partial charge in [0.25, 0.3) is 0 Å². The second-order valence-electron chi connectivity index (χ2n) is 17.4. The first-order chi connectivity index (χ1) is 29.0. The van der Waals surface area contributed by atoms with Crippen LogP contribution >= 0.6 is 0 Å². The van der Waals surface area contributed by atoms with Crippen LogP contribution in [0.4, 0.5) is 0 Å². The Balaban J connectivity index is 4.33. The van der Waals surface area contributed by atoms with Gasteiger partial charge in [0.1, 0.15) is 13.2 Å². The summed E-state index contributed by atoms with van der Waals surface area (Å²) in [6.07, 6.45) is 54.4. The molecule has 0 heterocycles. The van der Waals surface area contributed by atoms with Gasteiger partial charge in [-0.25, -0.2) is 0 Å². The third-order valence-corrected chi connectivity index (χ3v) is 11.4. The van der Waals surface area contributed by atoms with Crippen LogP contribution in [0.3, 0.4) is 0 Å². The molecule has 0 aliphatic rings. The number of rotatable bonds is 47. The van der Waals surface area contributed by atoms with Crippen molar-refractivity contribution in [1.82, 2.24) is 0 Å². The number of unbranched alkanes of at least 4 members (excludes halogenated alkanes) is 32. The minimum absolute atomic E-state index is 0.0727. The topological polar surface area (TPSA) is 78.9 Å². The monoisotopic (exact) mass is 831 g/mol. The van der Waals surface area contributed by atoms with Crippen molar-refractivity contribution < 1.29 is 28.6 Å². The highest BCUT2D eigenvalue weighted by atomic mass is 16.6. The van der Waals surface area contributed by atoms with E-state index >= 15 is 0 Å². The molecule has 0 saturated carbocycles. The molecule has 59 heavy (non-hydrogen) atoms. The van der Waals surface area contributed by atoms with Crippen LogP contribution < -0.4 is 0 Å². The first-order valence-electron chi connectivity index (χ1n) is 25.8. The molecule has 0 bridgehead atoms. The quantitative estimate of drug-likeness (QED) is 0.0263. The molecule has 0 aromatic rings. The molecule has 0 N–H and O–H groups in total. The lowest BCUT2D eigenvalue weighted by atomic mass is 10.1. The zero-order valence-corrected chi connectivity index (χ0v) is 39.5. The number of carbonyl (C=O) groups is 3. The van der Waals surface area contributed by atoms with Crippen molar-refractivity contribution in [2.45, 2.75) is 284 Å². The average molecular weight is 831 g/mol. The molecule has 0 spiro atoms. The number of hydrogen-bond donors (Lipinski definition) is 0. The van der Waals surface area contributed by atoms with Crippen molar-refractivity contribution >= 4 is 17.9 Å². The first kappa shape index (κ1) is 56.9. The molecular formula is C53H98O6. The van der Waals surface area contributed by atoms with E-state index in [2.05, 4.69) is 45.1 Å². The van der Waals surface area contributed by atoms with Crippen LogP contribution in [0.2, 0.25) is 0 Å². The lowest BCUT2D eigenvalue weighted by Crippen LogP contribution is -2.30. The van der Waals surface area contributed by atoms with E-state index < -0.39 is 6.10 Å². The van der Waals surface area contributed by atoms with Gasteiger partial charge in [-0.05, 0) is 70.6 Å². The number of hydrogen-bond acceptors (Lipinski definition) is 6. The molecule has 0 aromatic carbocycles. The lowest BCUT2D eigenvalue weighted by Gasteiger charge is -2.18. The fraction of sp³-hybridized carbons (Fsp3) is 0.868. The molecular weight excluding hydrogens is 733 g/mol. The van der Waals surface area contributed by atoms with Crippen LogP contribution in [-0.2, 0) is 28.6 Å². The van der Waals surface area contributed by atoms with Crippen LogP contribution in [0.15, 0.2) is 24.3 Å². The van der Waals surface area contributed by atoms with Crippen LogP contribution in [0.25, 0.3) is 0 Å². The van der Waals surface area contributed by atoms with E-state index in [0.717, 1.165) is 64.2 Å². The Hall–Kier alpha value is -2.11. The molecule has 0 aromatic heterocycles. The van der Waals surface area contributed by atoms with E-state index in [0.29, 0.717) is 19.3 Å². The van der Waals surface area contributed by atoms with Crippen molar-refractivity contribution in [2.24, 2.45) is 0 Å². The predicted molar refractivity (Wildman–Crippen MR) is 252 cm³/mol. The molecule has 0 aliphatic heterocycles. The summed E-state index contributed by atoms with van der Waals surface area (Å²) in [5.74, 6) is -0.874. The average Bonchev–Trinajstić information content (AvgIpc) is 3.23. The largest absolute Gasteiger partial charge is 0.462 e. The third-order valence-electron chi connectivity index (χ3n) is 11.4. The molecule has 0 saturated heterocycles. The van der Waals surface area contributed by atoms with Crippen LogP contribution in [0, 0.1) is 0 Å². The van der Waals surface area contributed by atoms with Gasteiger partial charge in [-0.3, -0.25) is 14.4 Å². The maximum absolute atomic E-state index is 12.8. The predicted octanol–water partition coefficient (Wildman–Crippen LogP) is 16.8. The summed E-state index contributed by atoms with van der Waals surface area (Å²) in [4.78, 5) is 37.9. The molecule has 0 fully saturated rings. The van der Waals surface area contributed by atoms with Gasteiger partial charge in [0.2, 0.25) is 0 Å². The lowest BCUT2D eigenvalue weighted by molar-refractivity contribution is -0.167. The first-order valence-corrected chi connectivity index (χ1v) is 25.8. The van der Waals surface area contributed by atoms with Gasteiger partial charge in [0.15, 0.2) is 6.10 Å². The van der Waals surface area contributed by atoms with Gasteiger partial charge >= 0.3 is 17.9 Å². The second kappa shape index (κ2) is 48.6. The minimum Gasteiger partial charge on any atom is -0.462 e. The highest BCUT2D eigenvalue weighted by Crippen LogP contribution is 2.15. The Morgan fingerprint density at radius 2 is 0.559 bits per heavy atom. The zero-order chi connectivity index (χ0) is 43.0. The van der Waals surface area contributed by atoms with Gasteiger partial charge in [-0.2, -0.15) is 0 Å². The standard InChI is InChI=1S/C53H98O6/c1-4-7-10-13-16-19-22-24-26-28-31-33-36-39-42-45-51(54)57-48-50(59-53(56)47-44-41-38-35-30-21-18-15-12-9-6-3)49-58-52(55)46-43-40-37-34-32-29-27-25-23-20-17-14-11-8-5-2/h19,22,25,27,50H,4-18,20-21,23-24,26,28-49H2,1-3H3/b22-19-,27-25-/t50-/m1/s1. The maximum Gasteiger partial charge on any atom is 0.306 e. The van der Waals surface area contributed by atoms with E-state index in [4.69, 9.17) is 14.2 Å². The van der Waals surface area contributed by atoms with Gasteiger partial charge in [-0.15, -0.1) is 0 Å². The summed E-state index contributed by atoms with van der Waals surface area (Å²) in [7, 11) is 0. The smallest absolute Gasteiger partial charge is 0.306 e. The second-order valence-corrected chi connectivity index (χ2v) is 17.4. The minimum atomic E-state index is -0.770. The summed E-state index contributed by atoms with van der Waals surface area (Å²) < 4.78 is 16.8. The molecule has 0 radical (unpaired) electrons. The third kappa shape index (κ3) is 46.8. The van der Waals surface area contributed by atoms with Gasteiger partial charge in [-0.1, -0.05) is 212 Å². The molecule has 346 valence electrons. The molecule has 0 rings (SSSR count). The van der Waals surface area contributed by atoms with Crippen molar-refractivity contribution in [3.63, 3.8) is 0 Å². The SMILES string of the molecule is CCCCCC/C=C\CCCCCCCCCC(=O)OC[C@H](COC(=O)CCCCCCC/C=C\CCCCCCCC)OC(=O)CCCCCCCCCCCCC. The Bertz CT molecular complexity index is 958. The van der Waals surface area contributed by atoms with Crippen molar-refractivity contribution in [2.75, 3.05) is 13.2 Å². The van der Waals surface area contributed by atoms with E-state index in [1.807, 2.05) is 0 Å².